The number of hydrogen-bond acceptors (Lipinski definition) is 0. The largest absolute Gasteiger partial charge is 0.206 e. The van der Waals surface area contributed by atoms with Crippen LogP contribution >= 0.6 is 0 Å². The molecular weight excluding hydrogens is 211 g/mol. The van der Waals surface area contributed by atoms with Crippen LogP contribution in [-0.2, 0) is 0 Å². The van der Waals surface area contributed by atoms with Gasteiger partial charge < -0.3 is 0 Å². The average molecular weight is 224 g/mol. The fraction of sp³-hybridized carbons (Fsp3) is 0. The number of benzene rings is 2. The van der Waals surface area contributed by atoms with Crippen molar-refractivity contribution in [2.24, 2.45) is 0 Å². The van der Waals surface area contributed by atoms with E-state index in [1.807, 2.05) is 42.5 Å². The van der Waals surface area contributed by atoms with Crippen LogP contribution in [0, 0.1) is 5.82 Å². The predicted octanol–water partition coefficient (Wildman–Crippen LogP) is 4.44. The van der Waals surface area contributed by atoms with E-state index in [-0.39, 0.29) is 5.82 Å². The highest BCUT2D eigenvalue weighted by molar-refractivity contribution is 5.80. The van der Waals surface area contributed by atoms with Crippen molar-refractivity contribution in [1.29, 1.82) is 0 Å². The Morgan fingerprint density at radius 1 is 0.941 bits per heavy atom. The Kier molecular flexibility index (Phi) is 3.51. The molecule has 84 valence electrons. The van der Waals surface area contributed by atoms with Crippen LogP contribution < -0.4 is 0 Å². The van der Waals surface area contributed by atoms with Crippen molar-refractivity contribution in [2.75, 3.05) is 0 Å². The first-order valence-corrected chi connectivity index (χ1v) is 5.46. The van der Waals surface area contributed by atoms with Crippen molar-refractivity contribution in [3.8, 4) is 0 Å². The second kappa shape index (κ2) is 5.26. The Bertz CT molecular complexity index is 538. The summed E-state index contributed by atoms with van der Waals surface area (Å²) in [6, 6.07) is 16.5. The lowest BCUT2D eigenvalue weighted by atomic mass is 9.97. The molecule has 0 spiro atoms. The molecule has 0 atom stereocenters. The maximum atomic E-state index is 13.8. The summed E-state index contributed by atoms with van der Waals surface area (Å²) in [6.07, 6.45) is 3.50. The summed E-state index contributed by atoms with van der Waals surface area (Å²) < 4.78 is 13.8. The van der Waals surface area contributed by atoms with Gasteiger partial charge in [0.1, 0.15) is 5.82 Å². The predicted molar refractivity (Wildman–Crippen MR) is 70.1 cm³/mol. The molecule has 0 aromatic heterocycles. The molecule has 0 fully saturated rings. The third kappa shape index (κ3) is 2.51. The van der Waals surface area contributed by atoms with Crippen molar-refractivity contribution in [3.05, 3.63) is 90.3 Å². The molecule has 0 heterocycles. The smallest absolute Gasteiger partial charge is 0.131 e. The van der Waals surface area contributed by atoms with Crippen LogP contribution in [0.25, 0.3) is 5.57 Å². The normalized spacial score (nSPS) is 11.2. The third-order valence-electron chi connectivity index (χ3n) is 2.53. The summed E-state index contributed by atoms with van der Waals surface area (Å²) in [4.78, 5) is 0. The molecule has 0 amide bonds. The minimum absolute atomic E-state index is 0.218. The van der Waals surface area contributed by atoms with Gasteiger partial charge in [0.2, 0.25) is 0 Å². The summed E-state index contributed by atoms with van der Waals surface area (Å²) in [6.45, 7) is 3.68. The maximum Gasteiger partial charge on any atom is 0.131 e. The van der Waals surface area contributed by atoms with Crippen LogP contribution in [0.4, 0.5) is 4.39 Å². The van der Waals surface area contributed by atoms with Gasteiger partial charge in [-0.15, -0.1) is 0 Å². The molecule has 2 aromatic rings. The minimum Gasteiger partial charge on any atom is -0.206 e. The van der Waals surface area contributed by atoms with E-state index in [1.54, 1.807) is 18.2 Å². The number of allylic oxidation sites excluding steroid dienone is 2. The molecule has 0 unspecified atom stereocenters. The van der Waals surface area contributed by atoms with E-state index in [4.69, 9.17) is 0 Å². The second-order valence-electron chi connectivity index (χ2n) is 3.66. The van der Waals surface area contributed by atoms with E-state index in [9.17, 15) is 4.39 Å². The highest BCUT2D eigenvalue weighted by Gasteiger charge is 2.08. The molecule has 0 saturated carbocycles. The van der Waals surface area contributed by atoms with Gasteiger partial charge in [-0.05, 0) is 17.2 Å². The summed E-state index contributed by atoms with van der Waals surface area (Å²) in [5.41, 5.74) is 2.43. The Balaban J connectivity index is 2.56. The highest BCUT2D eigenvalue weighted by Crippen LogP contribution is 2.25. The van der Waals surface area contributed by atoms with E-state index in [0.717, 1.165) is 11.1 Å². The lowest BCUT2D eigenvalue weighted by Gasteiger charge is -2.08. The van der Waals surface area contributed by atoms with E-state index >= 15 is 0 Å². The van der Waals surface area contributed by atoms with E-state index in [2.05, 4.69) is 6.58 Å². The summed E-state index contributed by atoms with van der Waals surface area (Å²) in [5, 5.41) is 0. The monoisotopic (exact) mass is 224 g/mol. The molecule has 0 N–H and O–H groups in total. The number of halogens is 1. The van der Waals surface area contributed by atoms with Gasteiger partial charge in [-0.1, -0.05) is 67.3 Å². The molecule has 0 radical (unpaired) electrons. The lowest BCUT2D eigenvalue weighted by Crippen LogP contribution is -1.91. The fourth-order valence-corrected chi connectivity index (χ4v) is 1.76. The zero-order valence-corrected chi connectivity index (χ0v) is 9.44. The van der Waals surface area contributed by atoms with Crippen molar-refractivity contribution >= 4 is 5.57 Å². The molecule has 0 aliphatic rings. The topological polar surface area (TPSA) is 0 Å². The number of hydrogen-bond donors (Lipinski definition) is 0. The maximum absolute atomic E-state index is 13.8. The van der Waals surface area contributed by atoms with Crippen molar-refractivity contribution in [3.63, 3.8) is 0 Å². The fourth-order valence-electron chi connectivity index (χ4n) is 1.76. The van der Waals surface area contributed by atoms with Gasteiger partial charge in [0.15, 0.2) is 0 Å². The molecule has 1 heteroatoms. The molecule has 2 aromatic carbocycles. The third-order valence-corrected chi connectivity index (χ3v) is 2.53. The molecule has 0 saturated heterocycles. The molecule has 0 aliphatic carbocycles. The Hall–Kier alpha value is -2.15. The summed E-state index contributed by atoms with van der Waals surface area (Å²) in [5.74, 6) is -0.218. The summed E-state index contributed by atoms with van der Waals surface area (Å²) >= 11 is 0. The van der Waals surface area contributed by atoms with Crippen LogP contribution in [0.3, 0.4) is 0 Å². The Morgan fingerprint density at radius 3 is 2.24 bits per heavy atom. The van der Waals surface area contributed by atoms with Crippen LogP contribution in [-0.4, -0.2) is 0 Å². The average Bonchev–Trinajstić information content (AvgIpc) is 2.38. The van der Waals surface area contributed by atoms with E-state index in [0.29, 0.717) is 5.56 Å². The first-order valence-electron chi connectivity index (χ1n) is 5.46. The van der Waals surface area contributed by atoms with Crippen LogP contribution in [0.5, 0.6) is 0 Å². The minimum atomic E-state index is -0.218. The highest BCUT2D eigenvalue weighted by atomic mass is 19.1. The van der Waals surface area contributed by atoms with Crippen molar-refractivity contribution in [2.45, 2.75) is 0 Å². The Morgan fingerprint density at radius 2 is 1.59 bits per heavy atom. The number of rotatable bonds is 3. The lowest BCUT2D eigenvalue weighted by molar-refractivity contribution is 0.624. The van der Waals surface area contributed by atoms with E-state index < -0.39 is 0 Å². The quantitative estimate of drug-likeness (QED) is 0.676. The van der Waals surface area contributed by atoms with Crippen molar-refractivity contribution in [1.82, 2.24) is 0 Å². The molecule has 2 rings (SSSR count). The molecule has 17 heavy (non-hydrogen) atoms. The zero-order valence-electron chi connectivity index (χ0n) is 9.44. The van der Waals surface area contributed by atoms with Crippen LogP contribution in [0.1, 0.15) is 11.1 Å². The van der Waals surface area contributed by atoms with Gasteiger partial charge in [-0.2, -0.15) is 0 Å². The van der Waals surface area contributed by atoms with E-state index in [1.165, 1.54) is 6.07 Å². The molecule has 0 nitrogen and oxygen atoms in total. The second-order valence-corrected chi connectivity index (χ2v) is 3.66. The van der Waals surface area contributed by atoms with Crippen LogP contribution in [0.15, 0.2) is 73.3 Å². The van der Waals surface area contributed by atoms with Crippen molar-refractivity contribution < 1.29 is 4.39 Å². The van der Waals surface area contributed by atoms with Gasteiger partial charge >= 0.3 is 0 Å². The van der Waals surface area contributed by atoms with Gasteiger partial charge in [0.05, 0.1) is 0 Å². The molecule has 0 bridgehead atoms. The zero-order chi connectivity index (χ0) is 12.1. The standard InChI is InChI=1S/C16H13F/c1-2-8-14(13-9-4-3-5-10-13)15-11-6-7-12-16(15)17/h2-12H,1H2/b14-8+. The SMILES string of the molecule is C=C/C=C(\c1ccccc1)c1ccccc1F. The van der Waals surface area contributed by atoms with Crippen LogP contribution in [0.2, 0.25) is 0 Å². The Labute approximate surface area is 101 Å². The van der Waals surface area contributed by atoms with Gasteiger partial charge in [-0.3, -0.25) is 0 Å². The molecule has 0 aliphatic heterocycles. The molecular formula is C16H13F. The van der Waals surface area contributed by atoms with Gasteiger partial charge in [-0.25, -0.2) is 4.39 Å². The van der Waals surface area contributed by atoms with Gasteiger partial charge in [0.25, 0.3) is 0 Å². The van der Waals surface area contributed by atoms with Gasteiger partial charge in [0, 0.05) is 5.56 Å². The summed E-state index contributed by atoms with van der Waals surface area (Å²) in [7, 11) is 0. The first-order chi connectivity index (χ1) is 8.33. The first kappa shape index (κ1) is 11.3.